The Balaban J connectivity index is 1.88. The van der Waals surface area contributed by atoms with Gasteiger partial charge in [-0.15, -0.1) is 0 Å². The summed E-state index contributed by atoms with van der Waals surface area (Å²) >= 11 is 0. The molecule has 25 heavy (non-hydrogen) atoms. The van der Waals surface area contributed by atoms with Crippen LogP contribution in [0.4, 0.5) is 8.78 Å². The van der Waals surface area contributed by atoms with E-state index in [2.05, 4.69) is 10.3 Å². The van der Waals surface area contributed by atoms with Gasteiger partial charge in [-0.05, 0) is 43.9 Å². The van der Waals surface area contributed by atoms with E-state index in [1.807, 2.05) is 4.90 Å². The molecule has 0 spiro atoms. The molecule has 1 saturated heterocycles. The Kier molecular flexibility index (Phi) is 7.16. The number of ether oxygens (including phenoxy) is 1. The fraction of sp³-hybridized carbons (Fsp3) is 0.556. The van der Waals surface area contributed by atoms with Crippen LogP contribution in [0, 0.1) is 17.6 Å². The van der Waals surface area contributed by atoms with E-state index >= 15 is 0 Å². The molecule has 0 radical (unpaired) electrons. The zero-order valence-electron chi connectivity index (χ0n) is 14.7. The van der Waals surface area contributed by atoms with E-state index in [-0.39, 0.29) is 11.9 Å². The van der Waals surface area contributed by atoms with Gasteiger partial charge in [-0.1, -0.05) is 0 Å². The summed E-state index contributed by atoms with van der Waals surface area (Å²) in [7, 11) is 1.68. The second-order valence-corrected chi connectivity index (χ2v) is 6.04. The molecule has 1 heterocycles. The third kappa shape index (κ3) is 5.69. The summed E-state index contributed by atoms with van der Waals surface area (Å²) in [5.41, 5.74) is 0.587. The van der Waals surface area contributed by atoms with Crippen LogP contribution in [-0.2, 0) is 16.0 Å². The molecule has 7 heteroatoms. The van der Waals surface area contributed by atoms with E-state index in [9.17, 15) is 13.6 Å². The third-order valence-corrected chi connectivity index (χ3v) is 4.17. The van der Waals surface area contributed by atoms with Gasteiger partial charge in [-0.2, -0.15) is 0 Å². The fourth-order valence-corrected chi connectivity index (χ4v) is 3.03. The van der Waals surface area contributed by atoms with Crippen molar-refractivity contribution in [2.24, 2.45) is 10.9 Å². The molecule has 138 valence electrons. The highest BCUT2D eigenvalue weighted by molar-refractivity contribution is 5.81. The number of rotatable bonds is 5. The second-order valence-electron chi connectivity index (χ2n) is 6.04. The molecule has 1 aromatic rings. The van der Waals surface area contributed by atoms with Gasteiger partial charge in [-0.25, -0.2) is 8.78 Å². The Bertz CT molecular complexity index is 602. The van der Waals surface area contributed by atoms with Crippen molar-refractivity contribution in [1.82, 2.24) is 10.2 Å². The van der Waals surface area contributed by atoms with Crippen molar-refractivity contribution in [3.63, 3.8) is 0 Å². The maximum atomic E-state index is 13.2. The highest BCUT2D eigenvalue weighted by atomic mass is 19.1. The fourth-order valence-electron chi connectivity index (χ4n) is 3.03. The molecule has 0 aromatic heterocycles. The average Bonchev–Trinajstić information content (AvgIpc) is 2.58. The van der Waals surface area contributed by atoms with E-state index in [0.717, 1.165) is 25.5 Å². The van der Waals surface area contributed by atoms with Crippen LogP contribution in [0.15, 0.2) is 23.2 Å². The van der Waals surface area contributed by atoms with Crippen molar-refractivity contribution in [3.05, 3.63) is 35.4 Å². The van der Waals surface area contributed by atoms with Gasteiger partial charge in [-0.3, -0.25) is 9.79 Å². The monoisotopic (exact) mass is 353 g/mol. The Labute approximate surface area is 147 Å². The van der Waals surface area contributed by atoms with E-state index in [4.69, 9.17) is 4.74 Å². The Morgan fingerprint density at radius 3 is 2.72 bits per heavy atom. The summed E-state index contributed by atoms with van der Waals surface area (Å²) in [6.45, 7) is 4.05. The summed E-state index contributed by atoms with van der Waals surface area (Å²) < 4.78 is 31.5. The first kappa shape index (κ1) is 19.1. The van der Waals surface area contributed by atoms with Crippen LogP contribution in [-0.4, -0.2) is 50.1 Å². The predicted molar refractivity (Wildman–Crippen MR) is 92.4 cm³/mol. The van der Waals surface area contributed by atoms with Crippen LogP contribution in [0.25, 0.3) is 0 Å². The number of esters is 1. The van der Waals surface area contributed by atoms with Crippen molar-refractivity contribution in [2.45, 2.75) is 26.2 Å². The predicted octanol–water partition coefficient (Wildman–Crippen LogP) is 2.36. The second kappa shape index (κ2) is 9.34. The topological polar surface area (TPSA) is 53.9 Å². The van der Waals surface area contributed by atoms with Gasteiger partial charge in [0.2, 0.25) is 0 Å². The van der Waals surface area contributed by atoms with E-state index < -0.39 is 11.6 Å². The van der Waals surface area contributed by atoms with Crippen LogP contribution >= 0.6 is 0 Å². The van der Waals surface area contributed by atoms with Crippen molar-refractivity contribution in [2.75, 3.05) is 33.3 Å². The van der Waals surface area contributed by atoms with Crippen molar-refractivity contribution >= 4 is 11.9 Å². The number of carbonyl (C=O) groups is 1. The van der Waals surface area contributed by atoms with Gasteiger partial charge in [0.15, 0.2) is 5.96 Å². The SMILES string of the molecule is CCOC(=O)C1CCCN(C(=NC)NCCc2cc(F)cc(F)c2)C1. The van der Waals surface area contributed by atoms with Crippen LogP contribution in [0.5, 0.6) is 0 Å². The van der Waals surface area contributed by atoms with Crippen LogP contribution in [0.2, 0.25) is 0 Å². The molecule has 1 aliphatic rings. The average molecular weight is 353 g/mol. The van der Waals surface area contributed by atoms with Gasteiger partial charge in [0.25, 0.3) is 0 Å². The molecule has 2 rings (SSSR count). The lowest BCUT2D eigenvalue weighted by Gasteiger charge is -2.34. The number of nitrogens with one attached hydrogen (secondary N) is 1. The molecule has 1 fully saturated rings. The molecule has 0 aliphatic carbocycles. The number of guanidine groups is 1. The highest BCUT2D eigenvalue weighted by Gasteiger charge is 2.28. The molecule has 0 bridgehead atoms. The smallest absolute Gasteiger partial charge is 0.310 e. The normalized spacial score (nSPS) is 18.2. The highest BCUT2D eigenvalue weighted by Crippen LogP contribution is 2.18. The van der Waals surface area contributed by atoms with E-state index in [1.54, 1.807) is 14.0 Å². The minimum atomic E-state index is -0.576. The molecular weight excluding hydrogens is 328 g/mol. The lowest BCUT2D eigenvalue weighted by Crippen LogP contribution is -2.48. The van der Waals surface area contributed by atoms with Crippen LogP contribution in [0.1, 0.15) is 25.3 Å². The molecule has 1 unspecified atom stereocenters. The molecule has 1 atom stereocenters. The first-order chi connectivity index (χ1) is 12.0. The van der Waals surface area contributed by atoms with E-state index in [0.29, 0.717) is 37.6 Å². The molecule has 5 nitrogen and oxygen atoms in total. The van der Waals surface area contributed by atoms with Crippen molar-refractivity contribution in [1.29, 1.82) is 0 Å². The van der Waals surface area contributed by atoms with Gasteiger partial charge in [0, 0.05) is 32.7 Å². The van der Waals surface area contributed by atoms with E-state index in [1.165, 1.54) is 12.1 Å². The van der Waals surface area contributed by atoms with Gasteiger partial charge < -0.3 is 15.0 Å². The summed E-state index contributed by atoms with van der Waals surface area (Å²) in [6, 6.07) is 3.51. The molecule has 0 saturated carbocycles. The Hall–Kier alpha value is -2.18. The number of nitrogens with zero attached hydrogens (tertiary/aromatic N) is 2. The lowest BCUT2D eigenvalue weighted by atomic mass is 9.98. The van der Waals surface area contributed by atoms with Crippen LogP contribution < -0.4 is 5.32 Å². The van der Waals surface area contributed by atoms with Gasteiger partial charge >= 0.3 is 5.97 Å². The number of benzene rings is 1. The minimum Gasteiger partial charge on any atom is -0.466 e. The maximum Gasteiger partial charge on any atom is 0.310 e. The largest absolute Gasteiger partial charge is 0.466 e. The van der Waals surface area contributed by atoms with Gasteiger partial charge in [0.1, 0.15) is 11.6 Å². The first-order valence-electron chi connectivity index (χ1n) is 8.60. The Morgan fingerprint density at radius 2 is 2.08 bits per heavy atom. The molecule has 1 aromatic carbocycles. The number of aliphatic imine (C=N–C) groups is 1. The number of piperidine rings is 1. The Morgan fingerprint density at radius 1 is 1.36 bits per heavy atom. The number of hydrogen-bond acceptors (Lipinski definition) is 3. The third-order valence-electron chi connectivity index (χ3n) is 4.17. The number of halogens is 2. The molecule has 0 amide bonds. The minimum absolute atomic E-state index is 0.149. The summed E-state index contributed by atoms with van der Waals surface area (Å²) in [5, 5.41) is 3.20. The van der Waals surface area contributed by atoms with Crippen LogP contribution in [0.3, 0.4) is 0 Å². The van der Waals surface area contributed by atoms with Crippen molar-refractivity contribution < 1.29 is 18.3 Å². The standard InChI is InChI=1S/C18H25F2N3O2/c1-3-25-17(24)14-5-4-8-23(12-14)18(21-2)22-7-6-13-9-15(19)11-16(20)10-13/h9-11,14H,3-8,12H2,1-2H3,(H,21,22). The maximum absolute atomic E-state index is 13.2. The molecule has 1 aliphatic heterocycles. The first-order valence-corrected chi connectivity index (χ1v) is 8.60. The number of hydrogen-bond donors (Lipinski definition) is 1. The van der Waals surface area contributed by atoms with Crippen molar-refractivity contribution in [3.8, 4) is 0 Å². The zero-order chi connectivity index (χ0) is 18.2. The molecular formula is C18H25F2N3O2. The summed E-state index contributed by atoms with van der Waals surface area (Å²) in [5.74, 6) is -0.784. The summed E-state index contributed by atoms with van der Waals surface area (Å²) in [6.07, 6.45) is 2.18. The quantitative estimate of drug-likeness (QED) is 0.502. The lowest BCUT2D eigenvalue weighted by molar-refractivity contribution is -0.149. The zero-order valence-corrected chi connectivity index (χ0v) is 14.7. The van der Waals surface area contributed by atoms with Gasteiger partial charge in [0.05, 0.1) is 12.5 Å². The molecule has 1 N–H and O–H groups in total. The number of likely N-dealkylation sites (tertiary alicyclic amines) is 1. The summed E-state index contributed by atoms with van der Waals surface area (Å²) in [4.78, 5) is 18.2. The number of carbonyl (C=O) groups excluding carboxylic acids is 1.